The molecule has 0 radical (unpaired) electrons. The van der Waals surface area contributed by atoms with Crippen LogP contribution in [0.15, 0.2) is 0 Å². The summed E-state index contributed by atoms with van der Waals surface area (Å²) in [7, 11) is 0. The Morgan fingerprint density at radius 2 is 0.778 bits per heavy atom. The molecular weight excluding hydrogens is 624 g/mol. The van der Waals surface area contributed by atoms with Gasteiger partial charge in [0.2, 0.25) is 0 Å². The first-order valence-electron chi connectivity index (χ1n) is 14.1. The van der Waals surface area contributed by atoms with Crippen molar-refractivity contribution in [3.05, 3.63) is 0 Å². The molecule has 0 unspecified atom stereocenters. The van der Waals surface area contributed by atoms with E-state index in [2.05, 4.69) is 0 Å². The summed E-state index contributed by atoms with van der Waals surface area (Å²) in [5.74, 6) is 0. The van der Waals surface area contributed by atoms with Crippen molar-refractivity contribution in [1.82, 2.24) is 0 Å². The number of aliphatic hydroxyl groups is 14. The van der Waals surface area contributed by atoms with Gasteiger partial charge in [-0.3, -0.25) is 0 Å². The number of hydrogen-bond acceptors (Lipinski definition) is 21. The van der Waals surface area contributed by atoms with E-state index in [9.17, 15) is 71.5 Å². The summed E-state index contributed by atoms with van der Waals surface area (Å²) in [6.07, 6.45) is -35.6. The lowest BCUT2D eigenvalue weighted by molar-refractivity contribution is -0.383. The summed E-state index contributed by atoms with van der Waals surface area (Å²) in [4.78, 5) is 0. The molecule has 4 aliphatic rings. The summed E-state index contributed by atoms with van der Waals surface area (Å²) in [6, 6.07) is 0. The molecule has 0 spiro atoms. The largest absolute Gasteiger partial charge is 0.394 e. The second-order valence-electron chi connectivity index (χ2n) is 11.2. The number of aliphatic hydroxyl groups excluding tert-OH is 14. The van der Waals surface area contributed by atoms with E-state index in [0.717, 1.165) is 0 Å². The second kappa shape index (κ2) is 15.6. The van der Waals surface area contributed by atoms with Gasteiger partial charge in [0.05, 0.1) is 26.4 Å². The standard InChI is InChI=1S/C24H42O21/c25-1-5-9(28)11(30)16(35)22(41-5)39-4-8-20(45-23-17(36)12(31)10(29)6(2-26)42-23)14(33)18(37)24(43-8)44-19-7(3-27)40-21(38)15(34)13(19)32/h5-38H,1-4H2/t5-,6-,7-,8-,9-,10-,11+,12+,13-,14-,15-,16-,17-,18-,19-,20-,21+,22+,23-,24-/m1/s1. The maximum absolute atomic E-state index is 11.1. The molecule has 4 heterocycles. The first kappa shape index (κ1) is 37.0. The van der Waals surface area contributed by atoms with Crippen molar-refractivity contribution in [3.8, 4) is 0 Å². The molecule has 45 heavy (non-hydrogen) atoms. The molecule has 14 N–H and O–H groups in total. The summed E-state index contributed by atoms with van der Waals surface area (Å²) in [5, 5.41) is 142. The van der Waals surface area contributed by atoms with E-state index in [0.29, 0.717) is 0 Å². The average Bonchev–Trinajstić information content (AvgIpc) is 3.03. The van der Waals surface area contributed by atoms with Crippen molar-refractivity contribution >= 4 is 0 Å². The lowest BCUT2D eigenvalue weighted by atomic mass is 9.96. The Hall–Kier alpha value is -0.840. The van der Waals surface area contributed by atoms with Gasteiger partial charge in [-0.05, 0) is 0 Å². The minimum atomic E-state index is -2.06. The first-order valence-corrected chi connectivity index (χ1v) is 14.1. The van der Waals surface area contributed by atoms with Crippen LogP contribution in [0.3, 0.4) is 0 Å². The van der Waals surface area contributed by atoms with Crippen LogP contribution in [0.1, 0.15) is 0 Å². The molecule has 0 amide bonds. The van der Waals surface area contributed by atoms with E-state index in [1.165, 1.54) is 0 Å². The predicted octanol–water partition coefficient (Wildman–Crippen LogP) is -9.75. The molecule has 0 aromatic carbocycles. The van der Waals surface area contributed by atoms with Gasteiger partial charge < -0.3 is 105 Å². The van der Waals surface area contributed by atoms with Crippen molar-refractivity contribution in [2.75, 3.05) is 26.4 Å². The van der Waals surface area contributed by atoms with Crippen LogP contribution < -0.4 is 0 Å². The van der Waals surface area contributed by atoms with Crippen LogP contribution in [-0.2, 0) is 33.2 Å². The highest BCUT2D eigenvalue weighted by atomic mass is 16.8. The van der Waals surface area contributed by atoms with Crippen molar-refractivity contribution in [3.63, 3.8) is 0 Å². The molecule has 4 aliphatic heterocycles. The van der Waals surface area contributed by atoms with Crippen LogP contribution in [0.5, 0.6) is 0 Å². The predicted molar refractivity (Wildman–Crippen MR) is 134 cm³/mol. The van der Waals surface area contributed by atoms with Gasteiger partial charge in [0, 0.05) is 0 Å². The molecular formula is C24H42O21. The smallest absolute Gasteiger partial charge is 0.187 e. The lowest BCUT2D eigenvalue weighted by Gasteiger charge is -2.48. The topological polar surface area (TPSA) is 348 Å². The van der Waals surface area contributed by atoms with Crippen LogP contribution in [0.25, 0.3) is 0 Å². The van der Waals surface area contributed by atoms with Gasteiger partial charge in [-0.15, -0.1) is 0 Å². The molecule has 0 aliphatic carbocycles. The Bertz CT molecular complexity index is 912. The van der Waals surface area contributed by atoms with Crippen molar-refractivity contribution in [2.45, 2.75) is 123 Å². The van der Waals surface area contributed by atoms with Crippen LogP contribution >= 0.6 is 0 Å². The minimum absolute atomic E-state index is 0.761. The monoisotopic (exact) mass is 666 g/mol. The first-order chi connectivity index (χ1) is 21.2. The summed E-state index contributed by atoms with van der Waals surface area (Å²) in [5.41, 5.74) is 0. The molecule has 264 valence electrons. The minimum Gasteiger partial charge on any atom is -0.394 e. The van der Waals surface area contributed by atoms with E-state index < -0.39 is 149 Å². The molecule has 4 rings (SSSR count). The van der Waals surface area contributed by atoms with Gasteiger partial charge in [0.25, 0.3) is 0 Å². The van der Waals surface area contributed by atoms with Gasteiger partial charge in [-0.2, -0.15) is 0 Å². The Balaban J connectivity index is 1.56. The van der Waals surface area contributed by atoms with Crippen LogP contribution in [0.2, 0.25) is 0 Å². The van der Waals surface area contributed by atoms with Gasteiger partial charge in [0.1, 0.15) is 97.7 Å². The summed E-state index contributed by atoms with van der Waals surface area (Å²) >= 11 is 0. The lowest BCUT2D eigenvalue weighted by Crippen LogP contribution is -2.67. The van der Waals surface area contributed by atoms with Crippen molar-refractivity contribution in [2.24, 2.45) is 0 Å². The third kappa shape index (κ3) is 7.59. The fourth-order valence-corrected chi connectivity index (χ4v) is 5.44. The molecule has 0 aromatic rings. The maximum Gasteiger partial charge on any atom is 0.187 e. The molecule has 21 nitrogen and oxygen atoms in total. The van der Waals surface area contributed by atoms with Crippen LogP contribution in [-0.4, -0.2) is 221 Å². The highest BCUT2D eigenvalue weighted by Gasteiger charge is 2.54. The van der Waals surface area contributed by atoms with Gasteiger partial charge >= 0.3 is 0 Å². The SMILES string of the molecule is OC[C@H]1O[C@H](OC[C@H]2O[C@H](O[C@H]3[C@H](O)[C@@H](O)[C@@H](O)O[C@@H]3CO)[C@H](O)[C@@H](O)[C@@H]2O[C@H]2O[C@H](CO)[C@@H](O)[C@H](O)[C@H]2O)[C@H](O)[C@@H](O)[C@@H]1O. The van der Waals surface area contributed by atoms with Crippen LogP contribution in [0.4, 0.5) is 0 Å². The Kier molecular flexibility index (Phi) is 12.8. The number of ether oxygens (including phenoxy) is 7. The van der Waals surface area contributed by atoms with E-state index >= 15 is 0 Å². The van der Waals surface area contributed by atoms with Crippen molar-refractivity contribution < 1.29 is 105 Å². The average molecular weight is 667 g/mol. The molecule has 4 saturated heterocycles. The van der Waals surface area contributed by atoms with E-state index in [4.69, 9.17) is 33.2 Å². The van der Waals surface area contributed by atoms with E-state index in [1.807, 2.05) is 0 Å². The molecule has 20 atom stereocenters. The highest BCUT2D eigenvalue weighted by molar-refractivity contribution is 4.97. The quantitative estimate of drug-likeness (QED) is 0.103. The van der Waals surface area contributed by atoms with Crippen molar-refractivity contribution in [1.29, 1.82) is 0 Å². The zero-order valence-corrected chi connectivity index (χ0v) is 23.5. The highest BCUT2D eigenvalue weighted by Crippen LogP contribution is 2.33. The van der Waals surface area contributed by atoms with Gasteiger partial charge in [-0.25, -0.2) is 0 Å². The Labute approximate surface area is 254 Å². The molecule has 0 saturated carbocycles. The molecule has 4 fully saturated rings. The maximum atomic E-state index is 11.1. The van der Waals surface area contributed by atoms with E-state index in [-0.39, 0.29) is 0 Å². The molecule has 21 heteroatoms. The second-order valence-corrected chi connectivity index (χ2v) is 11.2. The molecule has 0 bridgehead atoms. The van der Waals surface area contributed by atoms with E-state index in [1.54, 1.807) is 0 Å². The summed E-state index contributed by atoms with van der Waals surface area (Å²) < 4.78 is 38.0. The van der Waals surface area contributed by atoms with Crippen LogP contribution in [0, 0.1) is 0 Å². The zero-order valence-electron chi connectivity index (χ0n) is 23.5. The third-order valence-corrected chi connectivity index (χ3v) is 8.18. The fraction of sp³-hybridized carbons (Fsp3) is 1.00. The zero-order chi connectivity index (χ0) is 33.3. The number of hydrogen-bond donors (Lipinski definition) is 14. The fourth-order valence-electron chi connectivity index (χ4n) is 5.44. The Morgan fingerprint density at radius 1 is 0.378 bits per heavy atom. The Morgan fingerprint density at radius 3 is 1.29 bits per heavy atom. The number of rotatable bonds is 10. The normalized spacial score (nSPS) is 52.9. The molecule has 0 aromatic heterocycles. The third-order valence-electron chi connectivity index (χ3n) is 8.18. The summed E-state index contributed by atoms with van der Waals surface area (Å²) in [6.45, 7) is -3.21. The van der Waals surface area contributed by atoms with Gasteiger partial charge in [0.15, 0.2) is 25.2 Å². The van der Waals surface area contributed by atoms with Gasteiger partial charge in [-0.1, -0.05) is 0 Å².